The fourth-order valence-electron chi connectivity index (χ4n) is 0.777. The number of nitrogens with zero attached hydrogens (tertiary/aromatic N) is 1. The molecule has 1 rings (SSSR count). The normalized spacial score (nSPS) is 9.23. The van der Waals surface area contributed by atoms with Crippen LogP contribution in [0.1, 0.15) is 16.3 Å². The number of nitriles is 1. The monoisotopic (exact) mass is 180 g/mol. The van der Waals surface area contributed by atoms with E-state index >= 15 is 0 Å². The number of aliphatic hydroxyl groups excluding tert-OH is 1. The molecule has 68 valence electrons. The van der Waals surface area contributed by atoms with Gasteiger partial charge in [-0.15, -0.1) is 0 Å². The van der Waals surface area contributed by atoms with Gasteiger partial charge in [0.25, 0.3) is 5.91 Å². The summed E-state index contributed by atoms with van der Waals surface area (Å²) in [4.78, 5) is 11.1. The summed E-state index contributed by atoms with van der Waals surface area (Å²) >= 11 is 0. The predicted octanol–water partition coefficient (Wildman–Crippen LogP) is -0.127. The van der Waals surface area contributed by atoms with E-state index in [-0.39, 0.29) is 24.7 Å². The van der Waals surface area contributed by atoms with Gasteiger partial charge in [-0.1, -0.05) is 0 Å². The first-order chi connectivity index (χ1) is 6.27. The molecular formula is C8H8N2O3. The van der Waals surface area contributed by atoms with Crippen molar-refractivity contribution < 1.29 is 14.3 Å². The maximum Gasteiger partial charge on any atom is 0.287 e. The van der Waals surface area contributed by atoms with Crippen molar-refractivity contribution >= 4 is 5.91 Å². The molecule has 0 atom stereocenters. The Morgan fingerprint density at radius 2 is 2.46 bits per heavy atom. The molecular weight excluding hydrogens is 172 g/mol. The molecule has 5 heteroatoms. The van der Waals surface area contributed by atoms with E-state index in [1.807, 2.05) is 0 Å². The number of carbonyl (C=O) groups excluding carboxylic acids is 1. The average Bonchev–Trinajstić information content (AvgIpc) is 2.62. The highest BCUT2D eigenvalue weighted by molar-refractivity contribution is 5.91. The van der Waals surface area contributed by atoms with Crippen LogP contribution in [0.15, 0.2) is 16.5 Å². The Morgan fingerprint density at radius 3 is 3.00 bits per heavy atom. The van der Waals surface area contributed by atoms with Gasteiger partial charge in [0.15, 0.2) is 5.76 Å². The van der Waals surface area contributed by atoms with E-state index in [9.17, 15) is 4.79 Å². The first-order valence-corrected chi connectivity index (χ1v) is 3.67. The minimum absolute atomic E-state index is 0.0741. The topological polar surface area (TPSA) is 86.3 Å². The van der Waals surface area contributed by atoms with Crippen molar-refractivity contribution in [1.82, 2.24) is 5.32 Å². The third kappa shape index (κ3) is 2.32. The van der Waals surface area contributed by atoms with Crippen LogP contribution in [0, 0.1) is 11.3 Å². The van der Waals surface area contributed by atoms with Crippen LogP contribution < -0.4 is 5.32 Å². The van der Waals surface area contributed by atoms with Crippen molar-refractivity contribution in [2.24, 2.45) is 0 Å². The van der Waals surface area contributed by atoms with Crippen LogP contribution in [0.3, 0.4) is 0 Å². The maximum absolute atomic E-state index is 11.1. The van der Waals surface area contributed by atoms with Gasteiger partial charge >= 0.3 is 0 Å². The Labute approximate surface area is 74.6 Å². The van der Waals surface area contributed by atoms with Crippen molar-refractivity contribution in [3.63, 3.8) is 0 Å². The standard InChI is InChI=1S/C8H8N2O3/c9-5-6-1-2-7(13-6)8(12)10-3-4-11/h1-2,11H,3-4H2,(H,10,12). The second-order valence-corrected chi connectivity index (χ2v) is 2.26. The van der Waals surface area contributed by atoms with E-state index in [0.717, 1.165) is 0 Å². The van der Waals surface area contributed by atoms with Crippen molar-refractivity contribution in [1.29, 1.82) is 5.26 Å². The lowest BCUT2D eigenvalue weighted by molar-refractivity contribution is 0.0916. The molecule has 1 heterocycles. The molecule has 0 spiro atoms. The Morgan fingerprint density at radius 1 is 1.69 bits per heavy atom. The van der Waals surface area contributed by atoms with Gasteiger partial charge in [0.2, 0.25) is 5.76 Å². The van der Waals surface area contributed by atoms with Crippen LogP contribution in [0.25, 0.3) is 0 Å². The van der Waals surface area contributed by atoms with Crippen molar-refractivity contribution in [3.8, 4) is 6.07 Å². The number of nitrogens with one attached hydrogen (secondary N) is 1. The summed E-state index contributed by atoms with van der Waals surface area (Å²) in [5, 5.41) is 19.2. The van der Waals surface area contributed by atoms with Crippen LogP contribution in [0.4, 0.5) is 0 Å². The quantitative estimate of drug-likeness (QED) is 0.678. The van der Waals surface area contributed by atoms with Gasteiger partial charge in [-0.3, -0.25) is 4.79 Å². The zero-order valence-corrected chi connectivity index (χ0v) is 6.78. The van der Waals surface area contributed by atoms with E-state index in [4.69, 9.17) is 14.8 Å². The molecule has 2 N–H and O–H groups in total. The Kier molecular flexibility index (Phi) is 3.06. The Balaban J connectivity index is 2.62. The van der Waals surface area contributed by atoms with Gasteiger partial charge in [-0.25, -0.2) is 0 Å². The zero-order valence-electron chi connectivity index (χ0n) is 6.78. The van der Waals surface area contributed by atoms with Crippen LogP contribution in [-0.2, 0) is 0 Å². The highest BCUT2D eigenvalue weighted by Crippen LogP contribution is 2.05. The molecule has 1 aromatic rings. The number of carbonyl (C=O) groups is 1. The van der Waals surface area contributed by atoms with Crippen molar-refractivity contribution in [3.05, 3.63) is 23.7 Å². The Bertz CT molecular complexity index is 337. The number of hydrogen-bond acceptors (Lipinski definition) is 4. The third-order valence-electron chi connectivity index (χ3n) is 1.34. The highest BCUT2D eigenvalue weighted by Gasteiger charge is 2.09. The molecule has 0 radical (unpaired) electrons. The molecule has 0 fully saturated rings. The number of aliphatic hydroxyl groups is 1. The maximum atomic E-state index is 11.1. The number of rotatable bonds is 3. The van der Waals surface area contributed by atoms with Crippen molar-refractivity contribution in [2.75, 3.05) is 13.2 Å². The number of hydrogen-bond donors (Lipinski definition) is 2. The van der Waals surface area contributed by atoms with Gasteiger partial charge in [0.05, 0.1) is 6.61 Å². The average molecular weight is 180 g/mol. The third-order valence-corrected chi connectivity index (χ3v) is 1.34. The van der Waals surface area contributed by atoms with E-state index in [0.29, 0.717) is 0 Å². The molecule has 0 aliphatic heterocycles. The smallest absolute Gasteiger partial charge is 0.287 e. The largest absolute Gasteiger partial charge is 0.440 e. The second-order valence-electron chi connectivity index (χ2n) is 2.26. The van der Waals surface area contributed by atoms with Crippen LogP contribution >= 0.6 is 0 Å². The van der Waals surface area contributed by atoms with E-state index in [1.54, 1.807) is 6.07 Å². The zero-order chi connectivity index (χ0) is 9.68. The predicted molar refractivity (Wildman–Crippen MR) is 42.8 cm³/mol. The summed E-state index contributed by atoms with van der Waals surface area (Å²) < 4.78 is 4.84. The molecule has 5 nitrogen and oxygen atoms in total. The molecule has 0 bridgehead atoms. The molecule has 1 aromatic heterocycles. The van der Waals surface area contributed by atoms with Crippen molar-refractivity contribution in [2.45, 2.75) is 0 Å². The summed E-state index contributed by atoms with van der Waals surface area (Å²) in [6.07, 6.45) is 0. The molecule has 0 unspecified atom stereocenters. The number of furan rings is 1. The van der Waals surface area contributed by atoms with Crippen LogP contribution in [0.5, 0.6) is 0 Å². The molecule has 13 heavy (non-hydrogen) atoms. The molecule has 1 amide bonds. The summed E-state index contributed by atoms with van der Waals surface area (Å²) in [5.74, 6) is -0.269. The molecule has 0 aliphatic rings. The van der Waals surface area contributed by atoms with Crippen LogP contribution in [-0.4, -0.2) is 24.2 Å². The lowest BCUT2D eigenvalue weighted by Gasteiger charge is -1.97. The lowest BCUT2D eigenvalue weighted by atomic mass is 10.4. The van der Waals surface area contributed by atoms with Gasteiger partial charge < -0.3 is 14.8 Å². The van der Waals surface area contributed by atoms with Crippen LogP contribution in [0.2, 0.25) is 0 Å². The fourth-order valence-corrected chi connectivity index (χ4v) is 0.777. The van der Waals surface area contributed by atoms with Gasteiger partial charge in [-0.05, 0) is 12.1 Å². The fraction of sp³-hybridized carbons (Fsp3) is 0.250. The Hall–Kier alpha value is -1.80. The highest BCUT2D eigenvalue weighted by atomic mass is 16.3. The van der Waals surface area contributed by atoms with Gasteiger partial charge in [-0.2, -0.15) is 5.26 Å². The van der Waals surface area contributed by atoms with E-state index in [2.05, 4.69) is 5.32 Å². The first-order valence-electron chi connectivity index (χ1n) is 3.67. The number of amides is 1. The van der Waals surface area contributed by atoms with E-state index in [1.165, 1.54) is 12.1 Å². The first kappa shape index (κ1) is 9.29. The van der Waals surface area contributed by atoms with E-state index < -0.39 is 5.91 Å². The minimum atomic E-state index is -0.435. The van der Waals surface area contributed by atoms with Gasteiger partial charge in [0.1, 0.15) is 6.07 Å². The summed E-state index contributed by atoms with van der Waals surface area (Å²) in [6, 6.07) is 4.58. The summed E-state index contributed by atoms with van der Waals surface area (Å²) in [5.41, 5.74) is 0. The molecule has 0 saturated carbocycles. The molecule has 0 aromatic carbocycles. The molecule has 0 saturated heterocycles. The second kappa shape index (κ2) is 4.28. The molecule has 0 aliphatic carbocycles. The summed E-state index contributed by atoms with van der Waals surface area (Å²) in [7, 11) is 0. The van der Waals surface area contributed by atoms with Gasteiger partial charge in [0, 0.05) is 6.54 Å². The summed E-state index contributed by atoms with van der Waals surface area (Å²) in [6.45, 7) is 0.0407. The minimum Gasteiger partial charge on any atom is -0.440 e. The SMILES string of the molecule is N#Cc1ccc(C(=O)NCCO)o1. The lowest BCUT2D eigenvalue weighted by Crippen LogP contribution is -2.25.